The molecule has 0 spiro atoms. The molecule has 5 nitrogen and oxygen atoms in total. The second-order valence-corrected chi connectivity index (χ2v) is 9.48. The van der Waals surface area contributed by atoms with Crippen molar-refractivity contribution in [2.75, 3.05) is 0 Å². The number of amides is 1. The van der Waals surface area contributed by atoms with Crippen LogP contribution in [0.5, 0.6) is 0 Å². The van der Waals surface area contributed by atoms with Crippen LogP contribution >= 0.6 is 11.3 Å². The highest BCUT2D eigenvalue weighted by Gasteiger charge is 2.24. The van der Waals surface area contributed by atoms with E-state index < -0.39 is 11.9 Å². The Kier molecular flexibility index (Phi) is 5.68. The number of benzene rings is 1. The van der Waals surface area contributed by atoms with Crippen molar-refractivity contribution in [2.45, 2.75) is 65.8 Å². The van der Waals surface area contributed by atoms with Crippen molar-refractivity contribution in [3.63, 3.8) is 0 Å². The topological polar surface area (TPSA) is 78.0 Å². The molecule has 29 heavy (non-hydrogen) atoms. The maximum absolute atomic E-state index is 13.5. The minimum absolute atomic E-state index is 0.0596. The van der Waals surface area contributed by atoms with Gasteiger partial charge in [0, 0.05) is 16.9 Å². The highest BCUT2D eigenvalue weighted by atomic mass is 32.1. The van der Waals surface area contributed by atoms with E-state index in [0.717, 1.165) is 27.3 Å². The summed E-state index contributed by atoms with van der Waals surface area (Å²) in [4.78, 5) is 32.0. The molecule has 1 amide bonds. The first kappa shape index (κ1) is 21.2. The monoisotopic (exact) mass is 411 g/mol. The van der Waals surface area contributed by atoms with Crippen LogP contribution in [0.15, 0.2) is 29.1 Å². The molecule has 2 heterocycles. The first-order chi connectivity index (χ1) is 13.6. The molecule has 0 saturated carbocycles. The van der Waals surface area contributed by atoms with Crippen LogP contribution in [0.25, 0.3) is 21.3 Å². The van der Waals surface area contributed by atoms with Gasteiger partial charge in [-0.3, -0.25) is 14.2 Å². The Morgan fingerprint density at radius 1 is 1.17 bits per heavy atom. The number of aromatic nitrogens is 2. The number of hydrogen-bond acceptors (Lipinski definition) is 4. The predicted molar refractivity (Wildman–Crippen MR) is 121 cm³/mol. The molecule has 2 aromatic heterocycles. The lowest BCUT2D eigenvalue weighted by molar-refractivity contribution is -0.120. The molecule has 0 aliphatic heterocycles. The van der Waals surface area contributed by atoms with Crippen LogP contribution in [0.1, 0.15) is 63.8 Å². The van der Waals surface area contributed by atoms with Gasteiger partial charge < -0.3 is 5.73 Å². The third kappa shape index (κ3) is 3.73. The zero-order valence-corrected chi connectivity index (χ0v) is 18.8. The third-order valence-electron chi connectivity index (χ3n) is 5.38. The molecule has 1 unspecified atom stereocenters. The maximum Gasteiger partial charge on any atom is 0.263 e. The van der Waals surface area contributed by atoms with E-state index in [9.17, 15) is 9.59 Å². The Labute approximate surface area is 175 Å². The van der Waals surface area contributed by atoms with Crippen molar-refractivity contribution >= 4 is 27.5 Å². The maximum atomic E-state index is 13.5. The summed E-state index contributed by atoms with van der Waals surface area (Å²) in [5.74, 6) is 0.0531. The lowest BCUT2D eigenvalue weighted by Gasteiger charge is -2.19. The van der Waals surface area contributed by atoms with Crippen LogP contribution in [0.3, 0.4) is 0 Å². The van der Waals surface area contributed by atoms with Crippen molar-refractivity contribution in [2.24, 2.45) is 5.73 Å². The number of rotatable bonds is 5. The Balaban J connectivity index is 2.34. The molecule has 3 rings (SSSR count). The lowest BCUT2D eigenvalue weighted by Crippen LogP contribution is -2.34. The zero-order chi connectivity index (χ0) is 21.5. The number of primary amides is 1. The number of nitrogens with zero attached hydrogens (tertiary/aromatic N) is 2. The highest BCUT2D eigenvalue weighted by Crippen LogP contribution is 2.38. The largest absolute Gasteiger partial charge is 0.368 e. The summed E-state index contributed by atoms with van der Waals surface area (Å²) in [5.41, 5.74) is 8.56. The number of aryl methyl sites for hydroxylation is 2. The van der Waals surface area contributed by atoms with Crippen LogP contribution < -0.4 is 11.3 Å². The van der Waals surface area contributed by atoms with Crippen LogP contribution in [-0.2, 0) is 23.1 Å². The Bertz CT molecular complexity index is 1120. The van der Waals surface area contributed by atoms with Gasteiger partial charge in [0.1, 0.15) is 16.7 Å². The van der Waals surface area contributed by atoms with Crippen molar-refractivity contribution < 1.29 is 4.79 Å². The fourth-order valence-corrected chi connectivity index (χ4v) is 4.76. The minimum Gasteiger partial charge on any atom is -0.368 e. The van der Waals surface area contributed by atoms with Gasteiger partial charge in [-0.15, -0.1) is 11.3 Å². The van der Waals surface area contributed by atoms with E-state index in [1.54, 1.807) is 18.3 Å². The Hall–Kier alpha value is -2.47. The molecule has 6 heteroatoms. The minimum atomic E-state index is -0.740. The van der Waals surface area contributed by atoms with Crippen LogP contribution in [0.4, 0.5) is 0 Å². The number of carbonyl (C=O) groups excluding carboxylic acids is 1. The van der Waals surface area contributed by atoms with E-state index in [0.29, 0.717) is 17.6 Å². The van der Waals surface area contributed by atoms with Crippen molar-refractivity contribution in [3.8, 4) is 11.1 Å². The number of nitrogens with two attached hydrogens (primary N) is 1. The summed E-state index contributed by atoms with van der Waals surface area (Å²) < 4.78 is 1.46. The molecule has 0 fully saturated rings. The normalized spacial score (nSPS) is 13.0. The summed E-state index contributed by atoms with van der Waals surface area (Å²) in [6.45, 7) is 12.2. The molecule has 0 aliphatic carbocycles. The zero-order valence-electron chi connectivity index (χ0n) is 18.0. The molecule has 3 aromatic rings. The second-order valence-electron chi connectivity index (χ2n) is 8.40. The van der Waals surface area contributed by atoms with Crippen LogP contribution in [0, 0.1) is 0 Å². The number of hydrogen-bond donors (Lipinski definition) is 1. The van der Waals surface area contributed by atoms with Gasteiger partial charge >= 0.3 is 0 Å². The summed E-state index contributed by atoms with van der Waals surface area (Å²) in [6, 6.07) is 7.66. The van der Waals surface area contributed by atoms with Gasteiger partial charge in [0.2, 0.25) is 5.91 Å². The van der Waals surface area contributed by atoms with Crippen LogP contribution in [0.2, 0.25) is 0 Å². The molecular weight excluding hydrogens is 382 g/mol. The highest BCUT2D eigenvalue weighted by molar-refractivity contribution is 7.19. The Morgan fingerprint density at radius 3 is 2.28 bits per heavy atom. The average Bonchev–Trinajstić information content (AvgIpc) is 3.05. The van der Waals surface area contributed by atoms with E-state index >= 15 is 0 Å². The number of fused-ring (bicyclic) bond motifs is 1. The average molecular weight is 412 g/mol. The van der Waals surface area contributed by atoms with E-state index in [2.05, 4.69) is 52.0 Å². The molecular formula is C23H29N3O2S. The van der Waals surface area contributed by atoms with Gasteiger partial charge in [-0.2, -0.15) is 0 Å². The predicted octanol–water partition coefficient (Wildman–Crippen LogP) is 4.59. The van der Waals surface area contributed by atoms with Gasteiger partial charge in [0.15, 0.2) is 0 Å². The summed E-state index contributed by atoms with van der Waals surface area (Å²) in [6.07, 6.45) is 1.36. The lowest BCUT2D eigenvalue weighted by atomic mass is 9.86. The van der Waals surface area contributed by atoms with E-state index in [4.69, 9.17) is 10.7 Å². The van der Waals surface area contributed by atoms with Crippen LogP contribution in [-0.4, -0.2) is 15.5 Å². The van der Waals surface area contributed by atoms with Crippen molar-refractivity contribution in [1.29, 1.82) is 0 Å². The second kappa shape index (κ2) is 7.75. The summed E-state index contributed by atoms with van der Waals surface area (Å²) >= 11 is 1.56. The standard InChI is InChI=1S/C23H29N3O2S/c1-7-16-18(14-9-11-15(12-10-14)23(4,5)6)19-21(29-16)25-17(8-2)26(22(19)28)13(3)20(24)27/h9-13H,7-8H2,1-6H3,(H2,24,27). The van der Waals surface area contributed by atoms with E-state index in [-0.39, 0.29) is 11.0 Å². The van der Waals surface area contributed by atoms with Gasteiger partial charge in [0.05, 0.1) is 5.39 Å². The number of carbonyl (C=O) groups is 1. The van der Waals surface area contributed by atoms with Gasteiger partial charge in [-0.05, 0) is 29.9 Å². The fourth-order valence-electron chi connectivity index (χ4n) is 3.62. The third-order valence-corrected chi connectivity index (χ3v) is 6.61. The van der Waals surface area contributed by atoms with Gasteiger partial charge in [-0.25, -0.2) is 4.98 Å². The molecule has 0 saturated heterocycles. The molecule has 1 aromatic carbocycles. The quantitative estimate of drug-likeness (QED) is 0.667. The summed E-state index contributed by atoms with van der Waals surface area (Å²) in [5, 5.41) is 0.584. The van der Waals surface area contributed by atoms with E-state index in [1.165, 1.54) is 10.1 Å². The fraction of sp³-hybridized carbons (Fsp3) is 0.435. The smallest absolute Gasteiger partial charge is 0.263 e. The molecule has 0 aliphatic rings. The molecule has 154 valence electrons. The molecule has 1 atom stereocenters. The van der Waals surface area contributed by atoms with Crippen molar-refractivity contribution in [1.82, 2.24) is 9.55 Å². The van der Waals surface area contributed by atoms with Crippen molar-refractivity contribution in [3.05, 3.63) is 50.9 Å². The molecule has 0 radical (unpaired) electrons. The SMILES string of the molecule is CCc1sc2nc(CC)n(C(C)C(N)=O)c(=O)c2c1-c1ccc(C(C)(C)C)cc1. The molecule has 0 bridgehead atoms. The van der Waals surface area contributed by atoms with E-state index in [1.807, 2.05) is 6.92 Å². The number of thiophene rings is 1. The summed E-state index contributed by atoms with van der Waals surface area (Å²) in [7, 11) is 0. The first-order valence-electron chi connectivity index (χ1n) is 10.1. The molecule has 2 N–H and O–H groups in total. The first-order valence-corrected chi connectivity index (χ1v) is 10.9. The van der Waals surface area contributed by atoms with Gasteiger partial charge in [-0.1, -0.05) is 58.9 Å². The van der Waals surface area contributed by atoms with Gasteiger partial charge in [0.25, 0.3) is 5.56 Å². The Morgan fingerprint density at radius 2 is 1.79 bits per heavy atom.